The number of thiocarbonyl (C=S) groups is 1. The summed E-state index contributed by atoms with van der Waals surface area (Å²) in [6.07, 6.45) is 1.57. The number of hydrogen-bond acceptors (Lipinski definition) is 2. The molecule has 1 rings (SSSR count). The summed E-state index contributed by atoms with van der Waals surface area (Å²) in [5.41, 5.74) is 4.60. The number of nitrogens with zero attached hydrogens (tertiary/aromatic N) is 1. The maximum absolute atomic E-state index is 5.87. The zero-order valence-corrected chi connectivity index (χ0v) is 8.83. The normalized spacial score (nSPS) is 10.3. The summed E-state index contributed by atoms with van der Waals surface area (Å²) in [4.78, 5) is 0. The summed E-state index contributed by atoms with van der Waals surface area (Å²) in [5.74, 6) is 0. The molecule has 0 aliphatic rings. The van der Waals surface area contributed by atoms with Crippen LogP contribution in [-0.4, -0.2) is 11.7 Å². The van der Waals surface area contributed by atoms with Crippen molar-refractivity contribution < 1.29 is 0 Å². The molecule has 0 atom stereocenters. The summed E-state index contributed by atoms with van der Waals surface area (Å²) >= 11 is 16.1. The van der Waals surface area contributed by atoms with E-state index in [9.17, 15) is 0 Å². The number of hydrogen-bond donors (Lipinski definition) is 1. The second-order valence-electron chi connectivity index (χ2n) is 2.17. The Balaban J connectivity index is 2.83. The third kappa shape index (κ3) is 3.30. The quantitative estimate of drug-likeness (QED) is 0.493. The molecule has 0 saturated heterocycles. The molecule has 0 saturated carbocycles. The van der Waals surface area contributed by atoms with Crippen molar-refractivity contribution in [3.8, 4) is 0 Å². The lowest BCUT2D eigenvalue weighted by Gasteiger charge is -1.97. The van der Waals surface area contributed by atoms with Crippen molar-refractivity contribution in [3.05, 3.63) is 33.8 Å². The van der Waals surface area contributed by atoms with E-state index in [0.29, 0.717) is 10.0 Å². The van der Waals surface area contributed by atoms with E-state index in [1.807, 2.05) is 0 Å². The van der Waals surface area contributed by atoms with Gasteiger partial charge < -0.3 is 0 Å². The van der Waals surface area contributed by atoms with E-state index < -0.39 is 0 Å². The minimum atomic E-state index is 0.558. The number of hydrazone groups is 1. The van der Waals surface area contributed by atoms with Gasteiger partial charge in [-0.05, 0) is 12.1 Å². The highest BCUT2D eigenvalue weighted by molar-refractivity contribution is 7.78. The van der Waals surface area contributed by atoms with Crippen molar-refractivity contribution in [2.24, 2.45) is 5.10 Å². The number of nitrogens with one attached hydrogen (secondary N) is 1. The highest BCUT2D eigenvalue weighted by Crippen LogP contribution is 2.19. The van der Waals surface area contributed by atoms with Crippen LogP contribution in [0.3, 0.4) is 0 Å². The minimum Gasteiger partial charge on any atom is -0.275 e. The summed E-state index contributed by atoms with van der Waals surface area (Å²) in [6.45, 7) is 0. The monoisotopic (exact) mass is 232 g/mol. The first kappa shape index (κ1) is 10.4. The molecule has 68 valence electrons. The van der Waals surface area contributed by atoms with Crippen LogP contribution < -0.4 is 5.43 Å². The van der Waals surface area contributed by atoms with Gasteiger partial charge in [0.1, 0.15) is 0 Å². The highest BCUT2D eigenvalue weighted by Gasteiger charge is 1.96. The average Bonchev–Trinajstić information content (AvgIpc) is 2.09. The fourth-order valence-corrected chi connectivity index (χ4v) is 1.26. The topological polar surface area (TPSA) is 24.4 Å². The Morgan fingerprint density at radius 1 is 1.38 bits per heavy atom. The Morgan fingerprint density at radius 2 is 2.15 bits per heavy atom. The van der Waals surface area contributed by atoms with Crippen molar-refractivity contribution >= 4 is 47.1 Å². The first-order chi connectivity index (χ1) is 6.24. The SMILES string of the molecule is S=CN/N=C/c1ccc(Cl)cc1Cl. The van der Waals surface area contributed by atoms with Crippen LogP contribution in [0.15, 0.2) is 23.3 Å². The zero-order chi connectivity index (χ0) is 9.68. The maximum Gasteiger partial charge on any atom is 0.0829 e. The molecule has 0 fully saturated rings. The fraction of sp³-hybridized carbons (Fsp3) is 0. The number of benzene rings is 1. The van der Waals surface area contributed by atoms with Crippen LogP contribution in [0.25, 0.3) is 0 Å². The predicted molar refractivity (Wildman–Crippen MR) is 60.8 cm³/mol. The van der Waals surface area contributed by atoms with Gasteiger partial charge in [-0.1, -0.05) is 41.5 Å². The highest BCUT2D eigenvalue weighted by atomic mass is 35.5. The van der Waals surface area contributed by atoms with Gasteiger partial charge in [0.25, 0.3) is 0 Å². The van der Waals surface area contributed by atoms with Crippen LogP contribution in [0, 0.1) is 0 Å². The lowest BCUT2D eigenvalue weighted by molar-refractivity contribution is 1.08. The lowest BCUT2D eigenvalue weighted by atomic mass is 10.2. The molecule has 0 radical (unpaired) electrons. The molecule has 0 spiro atoms. The minimum absolute atomic E-state index is 0.558. The van der Waals surface area contributed by atoms with Crippen LogP contribution >= 0.6 is 35.4 Å². The predicted octanol–water partition coefficient (Wildman–Crippen LogP) is 2.87. The van der Waals surface area contributed by atoms with Crippen molar-refractivity contribution in [1.29, 1.82) is 0 Å². The second kappa shape index (κ2) is 5.17. The molecular weight excluding hydrogens is 227 g/mol. The molecule has 0 unspecified atom stereocenters. The summed E-state index contributed by atoms with van der Waals surface area (Å²) in [7, 11) is 0. The Kier molecular flexibility index (Phi) is 4.15. The molecule has 0 aromatic heterocycles. The molecule has 0 bridgehead atoms. The molecule has 5 heteroatoms. The van der Waals surface area contributed by atoms with Gasteiger partial charge in [-0.2, -0.15) is 5.10 Å². The number of halogens is 2. The second-order valence-corrected chi connectivity index (χ2v) is 3.25. The smallest absolute Gasteiger partial charge is 0.0829 e. The molecule has 0 aliphatic carbocycles. The van der Waals surface area contributed by atoms with E-state index in [1.165, 1.54) is 5.49 Å². The van der Waals surface area contributed by atoms with E-state index in [1.54, 1.807) is 24.4 Å². The van der Waals surface area contributed by atoms with Crippen molar-refractivity contribution in [2.45, 2.75) is 0 Å². The standard InChI is InChI=1S/C8H6Cl2N2S/c9-7-2-1-6(8(10)3-7)4-11-12-5-13/h1-5H,(H,12,13)/b11-4+. The van der Waals surface area contributed by atoms with Crippen molar-refractivity contribution in [3.63, 3.8) is 0 Å². The third-order valence-electron chi connectivity index (χ3n) is 1.29. The van der Waals surface area contributed by atoms with Crippen LogP contribution in [0.4, 0.5) is 0 Å². The van der Waals surface area contributed by atoms with Gasteiger partial charge in [0.05, 0.1) is 16.7 Å². The summed E-state index contributed by atoms with van der Waals surface area (Å²) in [6, 6.07) is 5.17. The van der Waals surface area contributed by atoms with Crippen molar-refractivity contribution in [2.75, 3.05) is 0 Å². The molecule has 1 aromatic carbocycles. The van der Waals surface area contributed by atoms with Crippen LogP contribution in [0.5, 0.6) is 0 Å². The summed E-state index contributed by atoms with van der Waals surface area (Å²) < 4.78 is 0. The zero-order valence-electron chi connectivity index (χ0n) is 6.50. The molecule has 0 heterocycles. The molecular formula is C8H6Cl2N2S. The Morgan fingerprint density at radius 3 is 2.77 bits per heavy atom. The van der Waals surface area contributed by atoms with Gasteiger partial charge in [0.15, 0.2) is 0 Å². The largest absolute Gasteiger partial charge is 0.275 e. The van der Waals surface area contributed by atoms with Gasteiger partial charge in [0, 0.05) is 10.6 Å². The lowest BCUT2D eigenvalue weighted by Crippen LogP contribution is -1.99. The van der Waals surface area contributed by atoms with Gasteiger partial charge in [-0.15, -0.1) is 0 Å². The first-order valence-corrected chi connectivity index (χ1v) is 4.64. The molecule has 2 nitrogen and oxygen atoms in total. The van der Waals surface area contributed by atoms with E-state index in [2.05, 4.69) is 22.7 Å². The fourth-order valence-electron chi connectivity index (χ4n) is 0.743. The maximum atomic E-state index is 5.87. The van der Waals surface area contributed by atoms with Gasteiger partial charge in [-0.25, -0.2) is 0 Å². The van der Waals surface area contributed by atoms with Gasteiger partial charge in [-0.3, -0.25) is 5.43 Å². The Bertz CT molecular complexity index is 339. The van der Waals surface area contributed by atoms with E-state index in [4.69, 9.17) is 23.2 Å². The number of rotatable bonds is 3. The van der Waals surface area contributed by atoms with E-state index >= 15 is 0 Å². The van der Waals surface area contributed by atoms with Crippen LogP contribution in [0.2, 0.25) is 10.0 Å². The molecule has 13 heavy (non-hydrogen) atoms. The van der Waals surface area contributed by atoms with Crippen molar-refractivity contribution in [1.82, 2.24) is 5.43 Å². The average molecular weight is 233 g/mol. The summed E-state index contributed by atoms with van der Waals surface area (Å²) in [5, 5.41) is 4.95. The molecule has 0 aliphatic heterocycles. The van der Waals surface area contributed by atoms with Crippen LogP contribution in [0.1, 0.15) is 5.56 Å². The van der Waals surface area contributed by atoms with E-state index in [-0.39, 0.29) is 0 Å². The van der Waals surface area contributed by atoms with E-state index in [0.717, 1.165) is 5.56 Å². The van der Waals surface area contributed by atoms with Crippen LogP contribution in [-0.2, 0) is 0 Å². The first-order valence-electron chi connectivity index (χ1n) is 3.41. The van der Waals surface area contributed by atoms with Gasteiger partial charge >= 0.3 is 0 Å². The Labute approximate surface area is 91.5 Å². The third-order valence-corrected chi connectivity index (χ3v) is 1.96. The molecule has 1 N–H and O–H groups in total. The Hall–Kier alpha value is -0.640. The van der Waals surface area contributed by atoms with Gasteiger partial charge in [0.2, 0.25) is 0 Å². The molecule has 1 aromatic rings. The molecule has 0 amide bonds.